The van der Waals surface area contributed by atoms with Gasteiger partial charge in [-0.1, -0.05) is 41.9 Å². The van der Waals surface area contributed by atoms with Gasteiger partial charge >= 0.3 is 6.09 Å². The number of piperidine rings is 1. The van der Waals surface area contributed by atoms with E-state index in [1.165, 1.54) is 0 Å². The summed E-state index contributed by atoms with van der Waals surface area (Å²) in [4.78, 5) is 24.0. The first-order valence-electron chi connectivity index (χ1n) is 13.3. The molecule has 9 heteroatoms. The molecule has 1 amide bonds. The largest absolute Gasteiger partial charge is 0.508 e. The fourth-order valence-corrected chi connectivity index (χ4v) is 5.19. The lowest BCUT2D eigenvalue weighted by Crippen LogP contribution is -2.43. The minimum atomic E-state index is -0.529. The molecule has 2 aromatic heterocycles. The fourth-order valence-electron chi connectivity index (χ4n) is 4.96. The number of nitrogens with zero attached hydrogens (tertiary/aromatic N) is 4. The molecule has 1 fully saturated rings. The van der Waals surface area contributed by atoms with Gasteiger partial charge < -0.3 is 24.6 Å². The lowest BCUT2D eigenvalue weighted by Gasteiger charge is -2.34. The van der Waals surface area contributed by atoms with Crippen molar-refractivity contribution in [3.05, 3.63) is 71.4 Å². The minimum absolute atomic E-state index is 0.228. The molecule has 39 heavy (non-hydrogen) atoms. The van der Waals surface area contributed by atoms with Gasteiger partial charge in [-0.05, 0) is 69.4 Å². The molecule has 4 aromatic rings. The number of benzene rings is 2. The Labute approximate surface area is 233 Å². The molecular weight excluding hydrogens is 514 g/mol. The number of phenolic OH excluding ortho intramolecular Hbond substituents is 1. The lowest BCUT2D eigenvalue weighted by molar-refractivity contribution is 0.0158. The molecule has 0 spiro atoms. The van der Waals surface area contributed by atoms with E-state index in [4.69, 9.17) is 21.3 Å². The number of likely N-dealkylation sites (tertiary alicyclic amines) is 1. The van der Waals surface area contributed by atoms with Crippen LogP contribution in [0.4, 0.5) is 10.7 Å². The molecular formula is C30H34ClN5O3. The Kier molecular flexibility index (Phi) is 7.66. The van der Waals surface area contributed by atoms with Crippen LogP contribution in [0, 0.1) is 5.92 Å². The van der Waals surface area contributed by atoms with Gasteiger partial charge in [0.05, 0.1) is 5.69 Å². The van der Waals surface area contributed by atoms with Gasteiger partial charge in [-0.3, -0.25) is 0 Å². The first kappa shape index (κ1) is 26.8. The van der Waals surface area contributed by atoms with E-state index in [0.717, 1.165) is 40.7 Å². The Hall–Kier alpha value is -3.78. The molecule has 1 aliphatic heterocycles. The van der Waals surface area contributed by atoms with Crippen LogP contribution in [0.15, 0.2) is 60.8 Å². The maximum absolute atomic E-state index is 12.8. The van der Waals surface area contributed by atoms with Crippen LogP contribution in [-0.2, 0) is 17.8 Å². The number of anilines is 1. The molecule has 2 N–H and O–H groups in total. The normalized spacial score (nSPS) is 15.9. The van der Waals surface area contributed by atoms with Crippen molar-refractivity contribution in [2.75, 3.05) is 18.4 Å². The van der Waals surface area contributed by atoms with Gasteiger partial charge in [0.2, 0.25) is 5.95 Å². The van der Waals surface area contributed by atoms with Crippen molar-refractivity contribution in [2.24, 2.45) is 5.92 Å². The van der Waals surface area contributed by atoms with Crippen molar-refractivity contribution in [2.45, 2.75) is 52.3 Å². The number of phenols is 1. The van der Waals surface area contributed by atoms with E-state index in [9.17, 15) is 9.90 Å². The number of aromatic nitrogens is 3. The smallest absolute Gasteiger partial charge is 0.410 e. The quantitative estimate of drug-likeness (QED) is 0.278. The Morgan fingerprint density at radius 3 is 2.69 bits per heavy atom. The van der Waals surface area contributed by atoms with E-state index >= 15 is 0 Å². The zero-order chi connectivity index (χ0) is 27.6. The maximum atomic E-state index is 12.8. The van der Waals surface area contributed by atoms with Crippen LogP contribution in [0.25, 0.3) is 22.3 Å². The average molecular weight is 548 g/mol. The Morgan fingerprint density at radius 2 is 1.95 bits per heavy atom. The van der Waals surface area contributed by atoms with Gasteiger partial charge in [-0.2, -0.15) is 4.98 Å². The minimum Gasteiger partial charge on any atom is -0.508 e. The van der Waals surface area contributed by atoms with E-state index in [0.29, 0.717) is 37.1 Å². The van der Waals surface area contributed by atoms with Crippen LogP contribution < -0.4 is 5.32 Å². The third kappa shape index (κ3) is 6.45. The number of rotatable bonds is 6. The van der Waals surface area contributed by atoms with Crippen LogP contribution in [0.2, 0.25) is 5.02 Å². The van der Waals surface area contributed by atoms with E-state index in [1.54, 1.807) is 12.1 Å². The van der Waals surface area contributed by atoms with E-state index in [-0.39, 0.29) is 17.8 Å². The highest BCUT2D eigenvalue weighted by Gasteiger charge is 2.29. The number of halogens is 1. The lowest BCUT2D eigenvalue weighted by atomic mass is 9.98. The molecule has 0 bridgehead atoms. The van der Waals surface area contributed by atoms with Gasteiger partial charge in [0, 0.05) is 48.3 Å². The number of hydrogen-bond acceptors (Lipinski definition) is 6. The van der Waals surface area contributed by atoms with Crippen LogP contribution in [0.1, 0.15) is 39.2 Å². The van der Waals surface area contributed by atoms with Crippen LogP contribution in [0.3, 0.4) is 0 Å². The van der Waals surface area contributed by atoms with Crippen molar-refractivity contribution in [3.8, 4) is 17.0 Å². The first-order chi connectivity index (χ1) is 18.7. The van der Waals surface area contributed by atoms with Crippen molar-refractivity contribution in [1.82, 2.24) is 19.4 Å². The van der Waals surface area contributed by atoms with E-state index in [1.807, 2.05) is 68.3 Å². The van der Waals surface area contributed by atoms with Gasteiger partial charge in [-0.25, -0.2) is 9.78 Å². The zero-order valence-corrected chi connectivity index (χ0v) is 23.3. The van der Waals surface area contributed by atoms with Gasteiger partial charge in [0.15, 0.2) is 0 Å². The second-order valence-electron chi connectivity index (χ2n) is 11.0. The van der Waals surface area contributed by atoms with Crippen LogP contribution in [0.5, 0.6) is 5.75 Å². The van der Waals surface area contributed by atoms with Gasteiger partial charge in [-0.15, -0.1) is 0 Å². The molecule has 0 aliphatic carbocycles. The maximum Gasteiger partial charge on any atom is 0.410 e. The van der Waals surface area contributed by atoms with E-state index < -0.39 is 5.60 Å². The Bertz CT molecular complexity index is 1460. The summed E-state index contributed by atoms with van der Waals surface area (Å²) in [5.41, 5.74) is 3.18. The monoisotopic (exact) mass is 547 g/mol. The topological polar surface area (TPSA) is 92.5 Å². The summed E-state index contributed by atoms with van der Waals surface area (Å²) < 4.78 is 7.85. The molecule has 1 atom stereocenters. The molecule has 0 saturated carbocycles. The number of carbonyl (C=O) groups excluding carboxylic acids is 1. The van der Waals surface area contributed by atoms with Crippen LogP contribution >= 0.6 is 11.6 Å². The summed E-state index contributed by atoms with van der Waals surface area (Å²) in [6.07, 6.45) is 3.47. The second kappa shape index (κ2) is 11.1. The molecule has 3 heterocycles. The molecule has 0 radical (unpaired) electrons. The molecule has 2 aromatic carbocycles. The Morgan fingerprint density at radius 1 is 1.18 bits per heavy atom. The highest BCUT2D eigenvalue weighted by atomic mass is 35.5. The predicted molar refractivity (Wildman–Crippen MR) is 154 cm³/mol. The summed E-state index contributed by atoms with van der Waals surface area (Å²) in [6.45, 7) is 8.19. The summed E-state index contributed by atoms with van der Waals surface area (Å²) in [6, 6.07) is 16.9. The van der Waals surface area contributed by atoms with Gasteiger partial charge in [0.25, 0.3) is 0 Å². The molecule has 0 unspecified atom stereocenters. The average Bonchev–Trinajstić information content (AvgIpc) is 3.25. The highest BCUT2D eigenvalue weighted by molar-refractivity contribution is 6.33. The number of nitrogens with one attached hydrogen (secondary N) is 1. The number of fused-ring (bicyclic) bond motifs is 1. The first-order valence-corrected chi connectivity index (χ1v) is 13.6. The third-order valence-electron chi connectivity index (χ3n) is 6.78. The number of carbonyl (C=O) groups is 1. The Balaban J connectivity index is 1.45. The summed E-state index contributed by atoms with van der Waals surface area (Å²) in [5, 5.41) is 14.4. The second-order valence-corrected chi connectivity index (χ2v) is 11.5. The fraction of sp³-hybridized carbons (Fsp3) is 0.367. The van der Waals surface area contributed by atoms with Crippen molar-refractivity contribution >= 4 is 34.7 Å². The number of hydrogen-bond donors (Lipinski definition) is 2. The predicted octanol–water partition coefficient (Wildman–Crippen LogP) is 6.72. The number of ether oxygens (including phenoxy) is 1. The third-order valence-corrected chi connectivity index (χ3v) is 7.11. The van der Waals surface area contributed by atoms with Crippen molar-refractivity contribution < 1.29 is 14.6 Å². The van der Waals surface area contributed by atoms with Crippen molar-refractivity contribution in [3.63, 3.8) is 0 Å². The van der Waals surface area contributed by atoms with Crippen LogP contribution in [-0.4, -0.2) is 49.3 Å². The van der Waals surface area contributed by atoms with Crippen molar-refractivity contribution in [1.29, 1.82) is 0 Å². The SMILES string of the molecule is CC(C)(C)OC(=O)N1CCC[C@@H](Cn2c(-c3ccccc3Cl)cc3cnc(NCc4ccc(O)cc4)nc32)C1. The van der Waals surface area contributed by atoms with Gasteiger partial charge in [0.1, 0.15) is 17.0 Å². The molecule has 1 saturated heterocycles. The molecule has 8 nitrogen and oxygen atoms in total. The van der Waals surface area contributed by atoms with E-state index in [2.05, 4.69) is 20.9 Å². The molecule has 5 rings (SSSR count). The molecule has 204 valence electrons. The zero-order valence-electron chi connectivity index (χ0n) is 22.5. The summed E-state index contributed by atoms with van der Waals surface area (Å²) >= 11 is 6.64. The molecule has 1 aliphatic rings. The number of amides is 1. The number of aromatic hydroxyl groups is 1. The summed E-state index contributed by atoms with van der Waals surface area (Å²) in [7, 11) is 0. The highest BCUT2D eigenvalue weighted by Crippen LogP contribution is 2.34. The summed E-state index contributed by atoms with van der Waals surface area (Å²) in [5.74, 6) is 0.973. The standard InChI is InChI=1S/C30H34ClN5O3/c1-30(2,3)39-29(38)35-14-6-7-21(18-35)19-36-26(24-8-4-5-9-25(24)31)15-22-17-33-28(34-27(22)36)32-16-20-10-12-23(37)13-11-20/h4-5,8-13,15,17,21,37H,6-7,14,16,18-19H2,1-3H3,(H,32,33,34)/t21-/m1/s1.